The predicted molar refractivity (Wildman–Crippen MR) is 84.2 cm³/mol. The van der Waals surface area contributed by atoms with Gasteiger partial charge in [0.25, 0.3) is 0 Å². The Morgan fingerprint density at radius 3 is 2.21 bits per heavy atom. The van der Waals surface area contributed by atoms with Gasteiger partial charge in [-0.15, -0.1) is 0 Å². The molecule has 0 radical (unpaired) electrons. The molecule has 0 bridgehead atoms. The molecule has 0 saturated carbocycles. The van der Waals surface area contributed by atoms with E-state index in [0.29, 0.717) is 11.8 Å². The lowest BCUT2D eigenvalue weighted by Gasteiger charge is -2.21. The van der Waals surface area contributed by atoms with Crippen LogP contribution in [-0.4, -0.2) is 18.4 Å². The van der Waals surface area contributed by atoms with E-state index in [1.165, 1.54) is 11.8 Å². The zero-order valence-corrected chi connectivity index (χ0v) is 13.1. The maximum atomic E-state index is 13.6. The predicted octanol–water partition coefficient (Wildman–Crippen LogP) is 3.40. The maximum absolute atomic E-state index is 13.6. The molecule has 2 rings (SSSR count). The molecule has 0 atom stereocenters. The second-order valence-corrected chi connectivity index (χ2v) is 5.21. The van der Waals surface area contributed by atoms with E-state index in [0.717, 1.165) is 11.6 Å². The van der Waals surface area contributed by atoms with Gasteiger partial charge in [0.15, 0.2) is 17.5 Å². The second-order valence-electron chi connectivity index (χ2n) is 5.21. The number of hydrogen-bond donors (Lipinski definition) is 1. The van der Waals surface area contributed by atoms with Crippen LogP contribution in [0.3, 0.4) is 0 Å². The third kappa shape index (κ3) is 3.92. The van der Waals surface area contributed by atoms with Crippen molar-refractivity contribution in [3.8, 4) is 0 Å². The number of hydrogen-bond acceptors (Lipinski definition) is 2. The first-order chi connectivity index (χ1) is 11.3. The monoisotopic (exact) mass is 336 g/mol. The summed E-state index contributed by atoms with van der Waals surface area (Å²) in [4.78, 5) is 25.0. The molecule has 0 aromatic heterocycles. The van der Waals surface area contributed by atoms with Gasteiger partial charge in [-0.1, -0.05) is 17.7 Å². The van der Waals surface area contributed by atoms with Gasteiger partial charge in [-0.2, -0.15) is 0 Å². The van der Waals surface area contributed by atoms with Crippen LogP contribution >= 0.6 is 0 Å². The summed E-state index contributed by atoms with van der Waals surface area (Å²) in [6.45, 7) is 2.77. The Labute approximate surface area is 136 Å². The Morgan fingerprint density at radius 2 is 1.62 bits per heavy atom. The van der Waals surface area contributed by atoms with E-state index in [1.54, 1.807) is 24.3 Å². The molecular formula is C17H15F3N2O2. The molecule has 7 heteroatoms. The average Bonchev–Trinajstić information content (AvgIpc) is 2.54. The van der Waals surface area contributed by atoms with Crippen molar-refractivity contribution in [2.24, 2.45) is 0 Å². The van der Waals surface area contributed by atoms with Crippen LogP contribution in [0.4, 0.5) is 24.5 Å². The Bertz CT molecular complexity index is 776. The zero-order chi connectivity index (χ0) is 17.9. The molecule has 24 heavy (non-hydrogen) atoms. The smallest absolute Gasteiger partial charge is 0.244 e. The lowest BCUT2D eigenvalue weighted by Crippen LogP contribution is -2.36. The van der Waals surface area contributed by atoms with E-state index in [2.05, 4.69) is 5.32 Å². The molecule has 1 N–H and O–H groups in total. The van der Waals surface area contributed by atoms with Gasteiger partial charge in [-0.05, 0) is 31.2 Å². The molecule has 2 aromatic rings. The zero-order valence-electron chi connectivity index (χ0n) is 13.1. The Hall–Kier alpha value is -2.83. The van der Waals surface area contributed by atoms with Gasteiger partial charge in [0.1, 0.15) is 6.54 Å². The largest absolute Gasteiger partial charge is 0.322 e. The van der Waals surface area contributed by atoms with E-state index < -0.39 is 35.6 Å². The van der Waals surface area contributed by atoms with Gasteiger partial charge in [0.2, 0.25) is 11.8 Å². The number of rotatable bonds is 4. The third-order valence-electron chi connectivity index (χ3n) is 3.34. The highest BCUT2D eigenvalue weighted by atomic mass is 19.2. The van der Waals surface area contributed by atoms with Gasteiger partial charge in [0, 0.05) is 12.6 Å². The van der Waals surface area contributed by atoms with Crippen LogP contribution in [0.25, 0.3) is 0 Å². The van der Waals surface area contributed by atoms with Crippen LogP contribution in [0.1, 0.15) is 12.5 Å². The van der Waals surface area contributed by atoms with Crippen molar-refractivity contribution in [1.82, 2.24) is 0 Å². The highest BCUT2D eigenvalue weighted by Gasteiger charge is 2.19. The molecule has 0 saturated heterocycles. The number of aryl methyl sites for hydroxylation is 1. The van der Waals surface area contributed by atoms with Crippen molar-refractivity contribution in [2.45, 2.75) is 13.8 Å². The number of anilines is 2. The van der Waals surface area contributed by atoms with Crippen LogP contribution in [-0.2, 0) is 9.59 Å². The Kier molecular flexibility index (Phi) is 5.23. The van der Waals surface area contributed by atoms with Gasteiger partial charge in [-0.3, -0.25) is 9.59 Å². The molecule has 0 aliphatic carbocycles. The summed E-state index contributed by atoms with van der Waals surface area (Å²) in [5, 5.41) is 2.13. The molecule has 126 valence electrons. The summed E-state index contributed by atoms with van der Waals surface area (Å²) in [6.07, 6.45) is 0. The van der Waals surface area contributed by atoms with E-state index in [-0.39, 0.29) is 5.91 Å². The molecule has 0 spiro atoms. The van der Waals surface area contributed by atoms with Crippen LogP contribution in [0, 0.1) is 24.4 Å². The summed E-state index contributed by atoms with van der Waals surface area (Å²) in [6, 6.07) is 8.51. The topological polar surface area (TPSA) is 49.4 Å². The summed E-state index contributed by atoms with van der Waals surface area (Å²) in [5.41, 5.74) is 0.982. The molecule has 0 aliphatic heterocycles. The number of nitrogens with zero attached hydrogens (tertiary/aromatic N) is 1. The number of nitrogens with one attached hydrogen (secondary N) is 1. The normalized spacial score (nSPS) is 10.4. The summed E-state index contributed by atoms with van der Waals surface area (Å²) in [5.74, 6) is -5.64. The van der Waals surface area contributed by atoms with Crippen LogP contribution in [0.2, 0.25) is 0 Å². The van der Waals surface area contributed by atoms with Gasteiger partial charge in [0.05, 0.1) is 5.69 Å². The Morgan fingerprint density at radius 1 is 1.00 bits per heavy atom. The summed E-state index contributed by atoms with van der Waals surface area (Å²) < 4.78 is 39.6. The number of carbonyl (C=O) groups is 2. The molecule has 2 aromatic carbocycles. The minimum Gasteiger partial charge on any atom is -0.322 e. The molecule has 2 amide bonds. The standard InChI is InChI=1S/C17H15F3N2O2/c1-10-3-5-12(6-4-10)22(11(2)23)9-15(24)21-14-8-7-13(18)16(19)17(14)20/h3-8H,9H2,1-2H3,(H,21,24). The molecule has 0 aliphatic rings. The molecule has 4 nitrogen and oxygen atoms in total. The van der Waals surface area contributed by atoms with Crippen molar-refractivity contribution >= 4 is 23.2 Å². The molecule has 0 heterocycles. The van der Waals surface area contributed by atoms with Crippen molar-refractivity contribution in [3.05, 3.63) is 59.4 Å². The van der Waals surface area contributed by atoms with Crippen molar-refractivity contribution in [1.29, 1.82) is 0 Å². The van der Waals surface area contributed by atoms with Crippen LogP contribution in [0.15, 0.2) is 36.4 Å². The first-order valence-corrected chi connectivity index (χ1v) is 7.07. The number of benzene rings is 2. The fraction of sp³-hybridized carbons (Fsp3) is 0.176. The fourth-order valence-corrected chi connectivity index (χ4v) is 2.06. The lowest BCUT2D eigenvalue weighted by atomic mass is 10.2. The van der Waals surface area contributed by atoms with Crippen molar-refractivity contribution in [3.63, 3.8) is 0 Å². The average molecular weight is 336 g/mol. The molecule has 0 unspecified atom stereocenters. The Balaban J connectivity index is 2.16. The van der Waals surface area contributed by atoms with Crippen molar-refractivity contribution in [2.75, 3.05) is 16.8 Å². The van der Waals surface area contributed by atoms with E-state index in [4.69, 9.17) is 0 Å². The van der Waals surface area contributed by atoms with Gasteiger partial charge < -0.3 is 10.2 Å². The third-order valence-corrected chi connectivity index (χ3v) is 3.34. The number of amides is 2. The van der Waals surface area contributed by atoms with Gasteiger partial charge in [-0.25, -0.2) is 13.2 Å². The molecular weight excluding hydrogens is 321 g/mol. The van der Waals surface area contributed by atoms with Crippen LogP contribution in [0.5, 0.6) is 0 Å². The minimum atomic E-state index is -1.67. The van der Waals surface area contributed by atoms with E-state index in [1.807, 2.05) is 6.92 Å². The highest BCUT2D eigenvalue weighted by molar-refractivity contribution is 6.01. The van der Waals surface area contributed by atoms with Gasteiger partial charge >= 0.3 is 0 Å². The SMILES string of the molecule is CC(=O)N(CC(=O)Nc1ccc(F)c(F)c1F)c1ccc(C)cc1. The minimum absolute atomic E-state index is 0.389. The molecule has 0 fully saturated rings. The highest BCUT2D eigenvalue weighted by Crippen LogP contribution is 2.20. The quantitative estimate of drug-likeness (QED) is 0.870. The first kappa shape index (κ1) is 17.5. The summed E-state index contributed by atoms with van der Waals surface area (Å²) >= 11 is 0. The van der Waals surface area contributed by atoms with E-state index >= 15 is 0 Å². The summed E-state index contributed by atoms with van der Waals surface area (Å²) in [7, 11) is 0. The lowest BCUT2D eigenvalue weighted by molar-refractivity contribution is -0.120. The van der Waals surface area contributed by atoms with Crippen LogP contribution < -0.4 is 10.2 Å². The number of halogens is 3. The second kappa shape index (κ2) is 7.16. The first-order valence-electron chi connectivity index (χ1n) is 7.07. The maximum Gasteiger partial charge on any atom is 0.244 e. The van der Waals surface area contributed by atoms with Crippen molar-refractivity contribution < 1.29 is 22.8 Å². The number of carbonyl (C=O) groups excluding carboxylic acids is 2. The van der Waals surface area contributed by atoms with E-state index in [9.17, 15) is 22.8 Å². The fourth-order valence-electron chi connectivity index (χ4n) is 2.06.